The van der Waals surface area contributed by atoms with Gasteiger partial charge in [0.1, 0.15) is 12.1 Å². The Kier molecular flexibility index (Phi) is 2.49. The van der Waals surface area contributed by atoms with Crippen LogP contribution in [0.1, 0.15) is 24.8 Å². The molecule has 1 fully saturated rings. The van der Waals surface area contributed by atoms with Crippen molar-refractivity contribution in [3.05, 3.63) is 11.9 Å². The molecular formula is C8H13N3O3. The number of hydrogen-bond donors (Lipinski definition) is 2. The van der Waals surface area contributed by atoms with Gasteiger partial charge in [-0.1, -0.05) is 5.21 Å². The molecule has 14 heavy (non-hydrogen) atoms. The van der Waals surface area contributed by atoms with Crippen molar-refractivity contribution in [2.45, 2.75) is 25.2 Å². The van der Waals surface area contributed by atoms with Gasteiger partial charge in [0.05, 0.1) is 31.2 Å². The third-order valence-corrected chi connectivity index (χ3v) is 2.37. The minimum absolute atomic E-state index is 0.234. The van der Waals surface area contributed by atoms with Crippen LogP contribution in [-0.2, 0) is 4.74 Å². The first kappa shape index (κ1) is 9.57. The van der Waals surface area contributed by atoms with Crippen molar-refractivity contribution in [3.63, 3.8) is 0 Å². The maximum absolute atomic E-state index is 9.57. The van der Waals surface area contributed by atoms with E-state index in [0.717, 1.165) is 0 Å². The molecule has 3 atom stereocenters. The Labute approximate surface area is 81.1 Å². The van der Waals surface area contributed by atoms with E-state index in [2.05, 4.69) is 10.3 Å². The van der Waals surface area contributed by atoms with Gasteiger partial charge in [-0.15, -0.1) is 5.10 Å². The first-order chi connectivity index (χ1) is 6.70. The first-order valence-corrected chi connectivity index (χ1v) is 4.54. The van der Waals surface area contributed by atoms with Gasteiger partial charge in [-0.2, -0.15) is 0 Å². The fourth-order valence-electron chi connectivity index (χ4n) is 1.57. The lowest BCUT2D eigenvalue weighted by Crippen LogP contribution is -2.25. The molecule has 0 aromatic carbocycles. The minimum Gasteiger partial charge on any atom is -0.388 e. The van der Waals surface area contributed by atoms with Crippen LogP contribution in [0.25, 0.3) is 0 Å². The number of rotatable bonds is 2. The van der Waals surface area contributed by atoms with Crippen LogP contribution in [0.15, 0.2) is 6.20 Å². The predicted molar refractivity (Wildman–Crippen MR) is 46.5 cm³/mol. The second-order valence-electron chi connectivity index (χ2n) is 3.45. The second-order valence-corrected chi connectivity index (χ2v) is 3.45. The zero-order valence-corrected chi connectivity index (χ0v) is 7.87. The summed E-state index contributed by atoms with van der Waals surface area (Å²) >= 11 is 0. The molecule has 0 spiro atoms. The highest BCUT2D eigenvalue weighted by molar-refractivity contribution is 5.00. The minimum atomic E-state index is -0.641. The summed E-state index contributed by atoms with van der Waals surface area (Å²) in [5.41, 5.74) is 0.597. The zero-order chi connectivity index (χ0) is 10.1. The first-order valence-electron chi connectivity index (χ1n) is 4.54. The van der Waals surface area contributed by atoms with E-state index in [1.54, 1.807) is 6.92 Å². The summed E-state index contributed by atoms with van der Waals surface area (Å²) in [5, 5.41) is 26.5. The van der Waals surface area contributed by atoms with E-state index in [-0.39, 0.29) is 6.04 Å². The van der Waals surface area contributed by atoms with Crippen LogP contribution in [0.5, 0.6) is 0 Å². The third kappa shape index (κ3) is 1.52. The lowest BCUT2D eigenvalue weighted by Gasteiger charge is -2.16. The van der Waals surface area contributed by atoms with Crippen LogP contribution in [0, 0.1) is 0 Å². The van der Waals surface area contributed by atoms with Gasteiger partial charge < -0.3 is 14.9 Å². The summed E-state index contributed by atoms with van der Waals surface area (Å²) < 4.78 is 6.64. The number of nitrogens with zero attached hydrogens (tertiary/aromatic N) is 3. The topological polar surface area (TPSA) is 80.4 Å². The fraction of sp³-hybridized carbons (Fsp3) is 0.750. The smallest absolute Gasteiger partial charge is 0.106 e. The molecule has 2 rings (SSSR count). The van der Waals surface area contributed by atoms with Crippen LogP contribution in [0.3, 0.4) is 0 Å². The lowest BCUT2D eigenvalue weighted by atomic mass is 10.2. The van der Waals surface area contributed by atoms with Crippen molar-refractivity contribution in [1.82, 2.24) is 15.0 Å². The highest BCUT2D eigenvalue weighted by atomic mass is 16.5. The van der Waals surface area contributed by atoms with Crippen molar-refractivity contribution in [1.29, 1.82) is 0 Å². The summed E-state index contributed by atoms with van der Waals surface area (Å²) in [6.45, 7) is 2.35. The molecule has 0 saturated carbocycles. The van der Waals surface area contributed by atoms with Gasteiger partial charge in [-0.05, 0) is 6.92 Å². The molecule has 1 saturated heterocycles. The average molecular weight is 199 g/mol. The molecule has 6 heteroatoms. The van der Waals surface area contributed by atoms with Crippen molar-refractivity contribution in [3.8, 4) is 0 Å². The Balaban J connectivity index is 2.26. The van der Waals surface area contributed by atoms with E-state index in [1.165, 1.54) is 10.9 Å². The van der Waals surface area contributed by atoms with Crippen LogP contribution in [0.4, 0.5) is 0 Å². The third-order valence-electron chi connectivity index (χ3n) is 2.37. The molecule has 0 amide bonds. The highest BCUT2D eigenvalue weighted by Gasteiger charge is 2.30. The standard InChI is InChI=1S/C8H13N3O3/c1-5(12)6-2-9-10-11(6)7-3-14-4-8(7)13/h2,5,7-8,12-13H,3-4H2,1H3/t5-,7?,8?/m1/s1. The van der Waals surface area contributed by atoms with Gasteiger partial charge >= 0.3 is 0 Å². The van der Waals surface area contributed by atoms with Crippen molar-refractivity contribution >= 4 is 0 Å². The molecule has 6 nitrogen and oxygen atoms in total. The molecule has 0 bridgehead atoms. The van der Waals surface area contributed by atoms with E-state index in [9.17, 15) is 10.2 Å². The largest absolute Gasteiger partial charge is 0.388 e. The van der Waals surface area contributed by atoms with E-state index in [1.807, 2.05) is 0 Å². The Hall–Kier alpha value is -0.980. The van der Waals surface area contributed by atoms with Crippen LogP contribution in [0.2, 0.25) is 0 Å². The molecular weight excluding hydrogens is 186 g/mol. The summed E-state index contributed by atoms with van der Waals surface area (Å²) in [5.74, 6) is 0. The van der Waals surface area contributed by atoms with Gasteiger partial charge in [-0.25, -0.2) is 4.68 Å². The maximum atomic E-state index is 9.57. The fourth-order valence-corrected chi connectivity index (χ4v) is 1.57. The summed E-state index contributed by atoms with van der Waals surface area (Å²) in [6.07, 6.45) is 0.280. The van der Waals surface area contributed by atoms with Crippen molar-refractivity contribution < 1.29 is 14.9 Å². The molecule has 0 aliphatic carbocycles. The number of ether oxygens (including phenoxy) is 1. The molecule has 2 unspecified atom stereocenters. The molecule has 1 aliphatic rings. The molecule has 1 aromatic heterocycles. The van der Waals surface area contributed by atoms with Gasteiger partial charge in [-0.3, -0.25) is 0 Å². The highest BCUT2D eigenvalue weighted by Crippen LogP contribution is 2.22. The average Bonchev–Trinajstić information content (AvgIpc) is 2.70. The zero-order valence-electron chi connectivity index (χ0n) is 7.87. The van der Waals surface area contributed by atoms with E-state index in [0.29, 0.717) is 18.9 Å². The van der Waals surface area contributed by atoms with Crippen LogP contribution < -0.4 is 0 Å². The van der Waals surface area contributed by atoms with Gasteiger partial charge in [0.25, 0.3) is 0 Å². The van der Waals surface area contributed by atoms with E-state index >= 15 is 0 Å². The number of aromatic nitrogens is 3. The summed E-state index contributed by atoms with van der Waals surface area (Å²) in [7, 11) is 0. The molecule has 2 N–H and O–H groups in total. The van der Waals surface area contributed by atoms with Gasteiger partial charge in [0.15, 0.2) is 0 Å². The second kappa shape index (κ2) is 3.64. The molecule has 78 valence electrons. The van der Waals surface area contributed by atoms with Gasteiger partial charge in [0, 0.05) is 0 Å². The quantitative estimate of drug-likeness (QED) is 0.656. The van der Waals surface area contributed by atoms with E-state index in [4.69, 9.17) is 4.74 Å². The lowest BCUT2D eigenvalue weighted by molar-refractivity contribution is 0.114. The summed E-state index contributed by atoms with van der Waals surface area (Å²) in [4.78, 5) is 0. The van der Waals surface area contributed by atoms with Crippen molar-refractivity contribution in [2.75, 3.05) is 13.2 Å². The van der Waals surface area contributed by atoms with Gasteiger partial charge in [0.2, 0.25) is 0 Å². The Morgan fingerprint density at radius 3 is 3.00 bits per heavy atom. The monoisotopic (exact) mass is 199 g/mol. The Bertz CT molecular complexity index is 313. The van der Waals surface area contributed by atoms with Crippen LogP contribution in [-0.4, -0.2) is 44.5 Å². The summed E-state index contributed by atoms with van der Waals surface area (Å²) in [6, 6.07) is -0.234. The molecule has 2 heterocycles. The van der Waals surface area contributed by atoms with E-state index < -0.39 is 12.2 Å². The number of aliphatic hydroxyl groups is 2. The maximum Gasteiger partial charge on any atom is 0.106 e. The number of hydrogen-bond acceptors (Lipinski definition) is 5. The number of aliphatic hydroxyl groups excluding tert-OH is 2. The Morgan fingerprint density at radius 1 is 1.64 bits per heavy atom. The molecule has 0 radical (unpaired) electrons. The normalized spacial score (nSPS) is 29.4. The molecule has 1 aromatic rings. The predicted octanol–water partition coefficient (Wildman–Crippen LogP) is -0.736. The Morgan fingerprint density at radius 2 is 2.43 bits per heavy atom. The van der Waals surface area contributed by atoms with Crippen LogP contribution >= 0.6 is 0 Å². The molecule has 1 aliphatic heterocycles. The SMILES string of the molecule is C[C@@H](O)c1cnnn1C1COCC1O. The van der Waals surface area contributed by atoms with Crippen molar-refractivity contribution in [2.24, 2.45) is 0 Å².